The minimum atomic E-state index is -1.56. The van der Waals surface area contributed by atoms with Crippen molar-refractivity contribution >= 4 is 137 Å². The Morgan fingerprint density at radius 2 is 0.484 bits per heavy atom. The van der Waals surface area contributed by atoms with Gasteiger partial charge in [-0.3, -0.25) is 69.6 Å². The zero-order valence-electron chi connectivity index (χ0n) is 68.7. The van der Waals surface area contributed by atoms with Gasteiger partial charge in [0, 0.05) is 144 Å². The lowest BCUT2D eigenvalue weighted by Gasteiger charge is -2.28. The van der Waals surface area contributed by atoms with Crippen LogP contribution in [-0.4, -0.2) is 201 Å². The molecule has 5 aromatic heterocycles. The summed E-state index contributed by atoms with van der Waals surface area (Å²) in [5.41, 5.74) is 47.3. The van der Waals surface area contributed by atoms with Crippen molar-refractivity contribution < 1.29 is 47.9 Å². The van der Waals surface area contributed by atoms with Gasteiger partial charge in [-0.2, -0.15) is 0 Å². The van der Waals surface area contributed by atoms with Gasteiger partial charge in [0.2, 0.25) is 59.1 Å². The summed E-state index contributed by atoms with van der Waals surface area (Å²) in [5, 5.41) is 70.6. The number of hydrogen-bond acceptors (Lipinski definition) is 16. The fourth-order valence-corrected chi connectivity index (χ4v) is 15.0. The third-order valence-electron chi connectivity index (χ3n) is 21.5. The smallest absolute Gasteiger partial charge is 0.243 e. The number of nitrogens with one attached hydrogen (secondary N) is 22. The third kappa shape index (κ3) is 26.5. The number of amides is 10. The first-order chi connectivity index (χ1) is 59.7. The van der Waals surface area contributed by atoms with Gasteiger partial charge in [-0.1, -0.05) is 91.0 Å². The van der Waals surface area contributed by atoms with E-state index in [1.54, 1.807) is 43.1 Å². The second-order valence-electron chi connectivity index (χ2n) is 30.6. The van der Waals surface area contributed by atoms with Crippen molar-refractivity contribution in [3.05, 3.63) is 180 Å². The van der Waals surface area contributed by atoms with Crippen LogP contribution in [0.4, 0.5) is 0 Å². The lowest BCUT2D eigenvalue weighted by Crippen LogP contribution is -2.61. The highest BCUT2D eigenvalue weighted by atomic mass is 16.2. The number of H-pyrrole nitrogens is 5. The molecule has 36 N–H and O–H groups in total. The number of nitrogens with two attached hydrogens (primary N) is 7. The molecule has 5 heterocycles. The van der Waals surface area contributed by atoms with E-state index in [1.165, 1.54) is 0 Å². The first-order valence-corrected chi connectivity index (χ1v) is 41.2. The highest BCUT2D eigenvalue weighted by molar-refractivity contribution is 6.01. The van der Waals surface area contributed by atoms with Crippen molar-refractivity contribution in [2.45, 2.75) is 163 Å². The van der Waals surface area contributed by atoms with Crippen molar-refractivity contribution in [1.29, 1.82) is 21.6 Å². The van der Waals surface area contributed by atoms with Crippen LogP contribution in [0.3, 0.4) is 0 Å². The molecule has 5 aromatic carbocycles. The summed E-state index contributed by atoms with van der Waals surface area (Å²) in [6, 6.07) is 22.5. The second-order valence-corrected chi connectivity index (χ2v) is 30.6. The summed E-state index contributed by atoms with van der Waals surface area (Å²) >= 11 is 0. The monoisotopic (exact) mass is 1700 g/mol. The maximum absolute atomic E-state index is 16.0. The van der Waals surface area contributed by atoms with Gasteiger partial charge < -0.3 is 134 Å². The molecule has 0 aliphatic carbocycles. The number of primary amides is 1. The first kappa shape index (κ1) is 91.8. The number of carbonyl (C=O) groups excluding carboxylic acids is 10. The first-order valence-electron chi connectivity index (χ1n) is 41.2. The highest BCUT2D eigenvalue weighted by Gasteiger charge is 2.38. The van der Waals surface area contributed by atoms with E-state index in [0.717, 1.165) is 21.8 Å². The van der Waals surface area contributed by atoms with Crippen LogP contribution in [0.5, 0.6) is 0 Å². The Kier molecular flexibility index (Phi) is 33.5. The highest BCUT2D eigenvalue weighted by Crippen LogP contribution is 2.26. The van der Waals surface area contributed by atoms with Crippen molar-refractivity contribution in [2.75, 3.05) is 32.7 Å². The summed E-state index contributed by atoms with van der Waals surface area (Å²) in [6.45, 7) is 0.601. The lowest BCUT2D eigenvalue weighted by molar-refractivity contribution is -0.136. The molecule has 10 aromatic rings. The minimum Gasteiger partial charge on any atom is -0.370 e. The number of aromatic amines is 5. The Morgan fingerprint density at radius 1 is 0.274 bits per heavy atom. The molecule has 10 rings (SSSR count). The molecule has 0 bridgehead atoms. The number of hydrogen-bond donors (Lipinski definition) is 29. The quantitative estimate of drug-likeness (QED) is 0.0135. The Labute approximate surface area is 713 Å². The Bertz CT molecular complexity index is 5420. The Balaban J connectivity index is 0.957. The van der Waals surface area contributed by atoms with E-state index < -0.39 is 119 Å². The van der Waals surface area contributed by atoms with Gasteiger partial charge in [0.1, 0.15) is 54.4 Å². The van der Waals surface area contributed by atoms with E-state index in [2.05, 4.69) is 94.0 Å². The maximum atomic E-state index is 16.0. The SMILES string of the molecule is N=C(N)NCCC[C@H](NC(=O)[C@H](CCCNC(=N)N)NC(=O)[C@H](CCCNC(=N)N)NC(=O)[C@@H](N)CCCNC(=N)N)C(=O)N[C@@H](CCCCN)C(=O)N[C@@H](Cc1c[nH]c2ccccc12)C(=O)N[C@@H](Cc1c[nH]c2ccccc12)C(=O)N[C@@H](Cc1c[nH]c2ccccc12)C(=O)N[C@@H](Cc1c[nH]c2ccccc12)C(=O)N[C@@H](Cc1c[nH]c2ccccc12)C(N)=O. The second kappa shape index (κ2) is 45.2. The molecule has 0 aliphatic rings. The molecular formula is C85H113N29O10. The summed E-state index contributed by atoms with van der Waals surface area (Å²) in [4.78, 5) is 166. The molecule has 0 unspecified atom stereocenters. The number of benzene rings is 5. The van der Waals surface area contributed by atoms with Crippen molar-refractivity contribution in [2.24, 2.45) is 40.1 Å². The average molecular weight is 1700 g/mol. The van der Waals surface area contributed by atoms with Crippen LogP contribution in [0.15, 0.2) is 152 Å². The minimum absolute atomic E-state index is 0.0101. The number of unbranched alkanes of at least 4 members (excludes halogenated alkanes) is 1. The van der Waals surface area contributed by atoms with Crippen LogP contribution in [0, 0.1) is 21.6 Å². The molecule has 0 saturated heterocycles. The van der Waals surface area contributed by atoms with Crippen molar-refractivity contribution in [3.63, 3.8) is 0 Å². The summed E-state index contributed by atoms with van der Waals surface area (Å²) in [6.07, 6.45) is 8.78. The molecule has 658 valence electrons. The van der Waals surface area contributed by atoms with Gasteiger partial charge >= 0.3 is 0 Å². The van der Waals surface area contributed by atoms with E-state index in [4.69, 9.17) is 61.8 Å². The van der Waals surface area contributed by atoms with Crippen LogP contribution in [0.1, 0.15) is 98.4 Å². The molecule has 0 saturated carbocycles. The molecule has 124 heavy (non-hydrogen) atoms. The lowest BCUT2D eigenvalue weighted by atomic mass is 9.99. The molecule has 39 heteroatoms. The topological polar surface area (TPSA) is 684 Å². The van der Waals surface area contributed by atoms with Gasteiger partial charge in [-0.15, -0.1) is 0 Å². The van der Waals surface area contributed by atoms with E-state index in [0.29, 0.717) is 73.4 Å². The average Bonchev–Trinajstić information content (AvgIpc) is 1.63. The van der Waals surface area contributed by atoms with E-state index in [9.17, 15) is 19.2 Å². The summed E-state index contributed by atoms with van der Waals surface area (Å²) in [7, 11) is 0. The predicted octanol–water partition coefficient (Wildman–Crippen LogP) is -0.0357. The molecule has 10 amide bonds. The number of guanidine groups is 4. The Hall–Kier alpha value is -14.5. The molecule has 10 atom stereocenters. The van der Waals surface area contributed by atoms with Crippen LogP contribution >= 0.6 is 0 Å². The molecule has 0 aliphatic heterocycles. The van der Waals surface area contributed by atoms with Gasteiger partial charge in [0.15, 0.2) is 23.8 Å². The number of aromatic nitrogens is 5. The summed E-state index contributed by atoms with van der Waals surface area (Å²) in [5.74, 6) is -9.81. The predicted molar refractivity (Wildman–Crippen MR) is 474 cm³/mol. The van der Waals surface area contributed by atoms with Crippen molar-refractivity contribution in [3.8, 4) is 0 Å². The van der Waals surface area contributed by atoms with Gasteiger partial charge in [0.05, 0.1) is 6.04 Å². The number of para-hydroxylation sites is 5. The molecular weight excluding hydrogens is 1590 g/mol. The van der Waals surface area contributed by atoms with Gasteiger partial charge in [-0.05, 0) is 135 Å². The number of fused-ring (bicyclic) bond motifs is 5. The Morgan fingerprint density at radius 3 is 0.734 bits per heavy atom. The van der Waals surface area contributed by atoms with E-state index in [1.807, 2.05) is 109 Å². The molecule has 0 radical (unpaired) electrons. The van der Waals surface area contributed by atoms with Gasteiger partial charge in [0.25, 0.3) is 0 Å². The maximum Gasteiger partial charge on any atom is 0.243 e. The van der Waals surface area contributed by atoms with Crippen LogP contribution in [0.2, 0.25) is 0 Å². The summed E-state index contributed by atoms with van der Waals surface area (Å²) < 4.78 is 0. The molecule has 39 nitrogen and oxygen atoms in total. The van der Waals surface area contributed by atoms with Gasteiger partial charge in [-0.25, -0.2) is 0 Å². The fourth-order valence-electron chi connectivity index (χ4n) is 15.0. The van der Waals surface area contributed by atoms with Crippen molar-refractivity contribution in [1.82, 2.24) is 94.0 Å². The van der Waals surface area contributed by atoms with Crippen LogP contribution in [-0.2, 0) is 80.0 Å². The molecule has 0 fully saturated rings. The fraction of sp³-hybridized carbons (Fsp3) is 0.365. The van der Waals surface area contributed by atoms with E-state index in [-0.39, 0.29) is 146 Å². The largest absolute Gasteiger partial charge is 0.370 e. The van der Waals surface area contributed by atoms with Crippen LogP contribution in [0.25, 0.3) is 54.5 Å². The number of rotatable bonds is 49. The zero-order valence-corrected chi connectivity index (χ0v) is 68.7. The molecule has 0 spiro atoms. The zero-order chi connectivity index (χ0) is 88.8. The standard InChI is InChI=1S/C85H113N29O10/c86-32-12-11-28-63(107-75(118)65(30-15-35-99-84(93)94)109-76(119)66(31-16-36-100-85(95)96)108-74(117)64(29-14-34-98-83(91)92)106-73(116)57(87)22-13-33-97-82(89)90)77(120)111-69(39-49-44-103-60-25-8-3-19-54(49)60)79(122)113-71(41-51-46-105-62-27-10-5-21-56(51)62)81(124)114-70(40-50-45-104-61-26-9-4-20-55(50)61)80(123)112-68(38-48-43-102-59-24-7-2-18-53(48)59)78(121)110-67(72(88)115)37-47-42-101-58-23-6-1-17-52(47)58/h1-10,17-21,23-27,42-46,57,63-71,101-105H,11-16,22,28-41,86-87H2,(H2,88,115)(H,106,116)(H,107,118)(H,108,117)(H,109,119)(H,110,121)(H,111,120)(H,112,123)(H,113,122)(H,114,124)(H4,89,90,97)(H4,91,92,98)(H4,93,94,99)(H4,95,96,100)/t57-,63-,64-,65-,66-,67-,68-,69-,70-,71-/m0/s1. The van der Waals surface area contributed by atoms with E-state index >= 15 is 28.8 Å². The normalized spacial score (nSPS) is 13.7. The third-order valence-corrected chi connectivity index (χ3v) is 21.5. The number of carbonyl (C=O) groups is 10. The van der Waals surface area contributed by atoms with Crippen LogP contribution < -0.4 is 109 Å².